The van der Waals surface area contributed by atoms with Crippen LogP contribution in [0.1, 0.15) is 39.7 Å². The number of nitrogens with zero attached hydrogens (tertiary/aromatic N) is 5. The zero-order valence-electron chi connectivity index (χ0n) is 22.3. The molecule has 0 radical (unpaired) electrons. The van der Waals surface area contributed by atoms with Gasteiger partial charge in [-0.2, -0.15) is 0 Å². The average molecular weight is 543 g/mol. The highest BCUT2D eigenvalue weighted by Crippen LogP contribution is 2.31. The lowest BCUT2D eigenvalue weighted by Crippen LogP contribution is -2.35. The molecule has 0 aliphatic heterocycles. The molecule has 0 aliphatic rings. The summed E-state index contributed by atoms with van der Waals surface area (Å²) in [6.45, 7) is 6.00. The lowest BCUT2D eigenvalue weighted by Gasteiger charge is -2.31. The molecular weight excluding hydrogens is 512 g/mol. The van der Waals surface area contributed by atoms with Gasteiger partial charge in [0.2, 0.25) is 0 Å². The molecule has 0 amide bonds. The summed E-state index contributed by atoms with van der Waals surface area (Å²) in [5, 5.41) is 14.3. The summed E-state index contributed by atoms with van der Waals surface area (Å²) >= 11 is 6.63. The number of pyridine rings is 1. The van der Waals surface area contributed by atoms with Gasteiger partial charge in [0.05, 0.1) is 13.2 Å². The Labute approximate surface area is 232 Å². The number of aryl methyl sites for hydroxylation is 2. The summed E-state index contributed by atoms with van der Waals surface area (Å²) in [4.78, 5) is 19.1. The van der Waals surface area contributed by atoms with Crippen LogP contribution in [0.3, 0.4) is 0 Å². The number of benzene rings is 3. The van der Waals surface area contributed by atoms with Crippen molar-refractivity contribution in [3.8, 4) is 0 Å². The first-order valence-corrected chi connectivity index (χ1v) is 13.2. The topological polar surface area (TPSA) is 88.9 Å². The summed E-state index contributed by atoms with van der Waals surface area (Å²) < 4.78 is 7.02. The quantitative estimate of drug-likeness (QED) is 0.260. The third-order valence-corrected chi connectivity index (χ3v) is 7.39. The van der Waals surface area contributed by atoms with Gasteiger partial charge in [-0.15, -0.1) is 5.10 Å². The van der Waals surface area contributed by atoms with Gasteiger partial charge in [0.25, 0.3) is 5.56 Å². The molecule has 2 aromatic heterocycles. The minimum Gasteiger partial charge on any atom is -0.383 e. The van der Waals surface area contributed by atoms with Crippen molar-refractivity contribution < 1.29 is 4.74 Å². The normalized spacial score (nSPS) is 12.3. The highest BCUT2D eigenvalue weighted by molar-refractivity contribution is 6.31. The molecule has 200 valence electrons. The summed E-state index contributed by atoms with van der Waals surface area (Å²) in [7, 11) is 1.64. The number of aromatic amines is 1. The smallest absolute Gasteiger partial charge is 0.253 e. The number of H-pyrrole nitrogens is 1. The fourth-order valence-electron chi connectivity index (χ4n) is 4.84. The molecule has 3 aromatic carbocycles. The number of aromatic nitrogens is 5. The van der Waals surface area contributed by atoms with E-state index in [1.54, 1.807) is 11.8 Å². The number of nitrogens with one attached hydrogen (secondary N) is 1. The Hall–Kier alpha value is -3.85. The largest absolute Gasteiger partial charge is 0.383 e. The van der Waals surface area contributed by atoms with Gasteiger partial charge in [0, 0.05) is 36.3 Å². The van der Waals surface area contributed by atoms with Crippen LogP contribution >= 0.6 is 11.6 Å². The standard InChI is InChI=1S/C30H31ClN6O2/c1-20-15-24-17-25(30(38)32-27(24)16-21(20)2)28(29-33-34-35-37(29)13-14-39-3)36(18-22-9-5-4-6-10-22)19-23-11-7-8-12-26(23)31/h4-12,15-17,28H,13-14,18-19H2,1-3H3,(H,32,38)/t28-/m0/s1. The van der Waals surface area contributed by atoms with Crippen molar-refractivity contribution >= 4 is 22.5 Å². The molecule has 1 atom stereocenters. The molecule has 9 heteroatoms. The van der Waals surface area contributed by atoms with E-state index in [4.69, 9.17) is 16.3 Å². The molecule has 0 saturated carbocycles. The van der Waals surface area contributed by atoms with Crippen molar-refractivity contribution in [1.82, 2.24) is 30.1 Å². The predicted octanol–water partition coefficient (Wildman–Crippen LogP) is 5.22. The van der Waals surface area contributed by atoms with Crippen molar-refractivity contribution in [3.63, 3.8) is 0 Å². The van der Waals surface area contributed by atoms with Crippen molar-refractivity contribution in [3.05, 3.63) is 122 Å². The zero-order valence-corrected chi connectivity index (χ0v) is 23.0. The van der Waals surface area contributed by atoms with E-state index in [2.05, 4.69) is 50.5 Å². The first-order valence-electron chi connectivity index (χ1n) is 12.8. The van der Waals surface area contributed by atoms with Crippen molar-refractivity contribution in [2.24, 2.45) is 0 Å². The van der Waals surface area contributed by atoms with E-state index in [0.29, 0.717) is 42.7 Å². The maximum absolute atomic E-state index is 13.8. The SMILES string of the molecule is COCCn1nnnc1[C@H](c1cc2cc(C)c(C)cc2[nH]c1=O)N(Cc1ccccc1)Cc1ccccc1Cl. The van der Waals surface area contributed by atoms with Gasteiger partial charge in [-0.1, -0.05) is 60.1 Å². The van der Waals surface area contributed by atoms with Crippen LogP contribution in [-0.4, -0.2) is 43.8 Å². The van der Waals surface area contributed by atoms with Crippen molar-refractivity contribution in [2.45, 2.75) is 39.5 Å². The maximum atomic E-state index is 13.8. The molecule has 0 aliphatic carbocycles. The molecular formula is C30H31ClN6O2. The van der Waals surface area contributed by atoms with Gasteiger partial charge in [0.15, 0.2) is 5.82 Å². The van der Waals surface area contributed by atoms with Crippen LogP contribution in [0.2, 0.25) is 5.02 Å². The van der Waals surface area contributed by atoms with Gasteiger partial charge >= 0.3 is 0 Å². The number of ether oxygens (including phenoxy) is 1. The minimum atomic E-state index is -0.567. The van der Waals surface area contributed by atoms with E-state index in [1.807, 2.05) is 61.5 Å². The van der Waals surface area contributed by atoms with Gasteiger partial charge in [0.1, 0.15) is 6.04 Å². The van der Waals surface area contributed by atoms with Crippen LogP contribution in [0.25, 0.3) is 10.9 Å². The van der Waals surface area contributed by atoms with E-state index in [1.165, 1.54) is 0 Å². The molecule has 0 unspecified atom stereocenters. The van der Waals surface area contributed by atoms with Crippen LogP contribution in [0.15, 0.2) is 77.6 Å². The number of hydrogen-bond donors (Lipinski definition) is 1. The highest BCUT2D eigenvalue weighted by atomic mass is 35.5. The fraction of sp³-hybridized carbons (Fsp3) is 0.267. The molecule has 0 spiro atoms. The first kappa shape index (κ1) is 26.7. The summed E-state index contributed by atoms with van der Waals surface area (Å²) in [5.74, 6) is 0.559. The Morgan fingerprint density at radius 2 is 1.74 bits per heavy atom. The lowest BCUT2D eigenvalue weighted by molar-refractivity contribution is 0.169. The minimum absolute atomic E-state index is 0.186. The fourth-order valence-corrected chi connectivity index (χ4v) is 5.04. The van der Waals surface area contributed by atoms with Gasteiger partial charge in [-0.25, -0.2) is 4.68 Å². The predicted molar refractivity (Wildman–Crippen MR) is 153 cm³/mol. The van der Waals surface area contributed by atoms with Crippen molar-refractivity contribution in [2.75, 3.05) is 13.7 Å². The Morgan fingerprint density at radius 1 is 1.00 bits per heavy atom. The van der Waals surface area contributed by atoms with Crippen LogP contribution in [0, 0.1) is 13.8 Å². The van der Waals surface area contributed by atoms with Crippen LogP contribution < -0.4 is 5.56 Å². The molecule has 0 bridgehead atoms. The Bertz CT molecular complexity index is 1630. The molecule has 8 nitrogen and oxygen atoms in total. The molecule has 0 saturated heterocycles. The molecule has 5 aromatic rings. The average Bonchev–Trinajstić information content (AvgIpc) is 3.39. The summed E-state index contributed by atoms with van der Waals surface area (Å²) in [5.41, 5.74) is 5.48. The van der Waals surface area contributed by atoms with Crippen LogP contribution in [0.5, 0.6) is 0 Å². The second-order valence-electron chi connectivity index (χ2n) is 9.72. The lowest BCUT2D eigenvalue weighted by atomic mass is 9.99. The Kier molecular flexibility index (Phi) is 8.16. The third-order valence-electron chi connectivity index (χ3n) is 7.02. The molecule has 2 heterocycles. The van der Waals surface area contributed by atoms with E-state index in [9.17, 15) is 4.79 Å². The van der Waals surface area contributed by atoms with Crippen molar-refractivity contribution in [1.29, 1.82) is 0 Å². The summed E-state index contributed by atoms with van der Waals surface area (Å²) in [6, 6.07) is 23.4. The zero-order chi connectivity index (χ0) is 27.4. The molecule has 5 rings (SSSR count). The Balaban J connectivity index is 1.71. The number of fused-ring (bicyclic) bond motifs is 1. The van der Waals surface area contributed by atoms with Crippen LogP contribution in [-0.2, 0) is 24.4 Å². The number of hydrogen-bond acceptors (Lipinski definition) is 6. The Morgan fingerprint density at radius 3 is 2.51 bits per heavy atom. The number of methoxy groups -OCH3 is 1. The number of rotatable bonds is 10. The van der Waals surface area contributed by atoms with Gasteiger partial charge in [-0.3, -0.25) is 9.69 Å². The second-order valence-corrected chi connectivity index (χ2v) is 10.1. The van der Waals surface area contributed by atoms with E-state index in [0.717, 1.165) is 33.2 Å². The van der Waals surface area contributed by atoms with Gasteiger partial charge < -0.3 is 9.72 Å². The van der Waals surface area contributed by atoms with E-state index < -0.39 is 6.04 Å². The van der Waals surface area contributed by atoms with E-state index in [-0.39, 0.29) is 5.56 Å². The molecule has 39 heavy (non-hydrogen) atoms. The first-order chi connectivity index (χ1) is 18.9. The highest BCUT2D eigenvalue weighted by Gasteiger charge is 2.31. The molecule has 1 N–H and O–H groups in total. The maximum Gasteiger partial charge on any atom is 0.253 e. The van der Waals surface area contributed by atoms with E-state index >= 15 is 0 Å². The summed E-state index contributed by atoms with van der Waals surface area (Å²) in [6.07, 6.45) is 0. The second kappa shape index (κ2) is 11.9. The monoisotopic (exact) mass is 542 g/mol. The third kappa shape index (κ3) is 5.93. The molecule has 0 fully saturated rings. The number of tetrazole rings is 1. The van der Waals surface area contributed by atoms with Crippen LogP contribution in [0.4, 0.5) is 0 Å². The number of halogens is 1. The van der Waals surface area contributed by atoms with Gasteiger partial charge in [-0.05, 0) is 76.2 Å².